The highest BCUT2D eigenvalue weighted by Gasteiger charge is 2.19. The second-order valence-electron chi connectivity index (χ2n) is 5.21. The SMILES string of the molecule is CCN(C)C=Nc1cc(OC)c(Oc2ccccc2Br)cc1C(F)F. The van der Waals surface area contributed by atoms with Crippen LogP contribution in [0.4, 0.5) is 14.5 Å². The molecule has 0 radical (unpaired) electrons. The van der Waals surface area contributed by atoms with Gasteiger partial charge in [-0.25, -0.2) is 13.8 Å². The van der Waals surface area contributed by atoms with E-state index < -0.39 is 6.43 Å². The van der Waals surface area contributed by atoms with Crippen molar-refractivity contribution < 1.29 is 18.3 Å². The zero-order valence-electron chi connectivity index (χ0n) is 14.2. The summed E-state index contributed by atoms with van der Waals surface area (Å²) in [7, 11) is 3.27. The summed E-state index contributed by atoms with van der Waals surface area (Å²) >= 11 is 3.37. The van der Waals surface area contributed by atoms with Gasteiger partial charge in [-0.1, -0.05) is 12.1 Å². The van der Waals surface area contributed by atoms with Crippen LogP contribution in [-0.4, -0.2) is 31.9 Å². The molecule has 0 N–H and O–H groups in total. The molecule has 25 heavy (non-hydrogen) atoms. The second kappa shape index (κ2) is 8.80. The van der Waals surface area contributed by atoms with Crippen LogP contribution < -0.4 is 9.47 Å². The van der Waals surface area contributed by atoms with E-state index in [-0.39, 0.29) is 17.0 Å². The van der Waals surface area contributed by atoms with Gasteiger partial charge in [0.15, 0.2) is 11.5 Å². The van der Waals surface area contributed by atoms with E-state index in [1.807, 2.05) is 20.0 Å². The van der Waals surface area contributed by atoms with Crippen molar-refractivity contribution >= 4 is 28.0 Å². The van der Waals surface area contributed by atoms with Crippen molar-refractivity contribution in [2.24, 2.45) is 4.99 Å². The number of hydrogen-bond donors (Lipinski definition) is 0. The summed E-state index contributed by atoms with van der Waals surface area (Å²) < 4.78 is 38.7. The highest BCUT2D eigenvalue weighted by Crippen LogP contribution is 2.42. The minimum atomic E-state index is -2.69. The molecule has 0 aliphatic heterocycles. The van der Waals surface area contributed by atoms with Crippen molar-refractivity contribution in [1.82, 2.24) is 4.90 Å². The fourth-order valence-corrected chi connectivity index (χ4v) is 2.34. The van der Waals surface area contributed by atoms with E-state index in [1.54, 1.807) is 23.1 Å². The number of nitrogens with zero attached hydrogens (tertiary/aromatic N) is 2. The predicted octanol–water partition coefficient (Wildman–Crippen LogP) is 5.80. The summed E-state index contributed by atoms with van der Waals surface area (Å²) in [6, 6.07) is 9.87. The Labute approximate surface area is 154 Å². The van der Waals surface area contributed by atoms with E-state index in [9.17, 15) is 8.78 Å². The van der Waals surface area contributed by atoms with Crippen LogP contribution in [0.1, 0.15) is 18.9 Å². The number of methoxy groups -OCH3 is 1. The highest BCUT2D eigenvalue weighted by molar-refractivity contribution is 9.10. The molecule has 2 rings (SSSR count). The fourth-order valence-electron chi connectivity index (χ4n) is 1.98. The summed E-state index contributed by atoms with van der Waals surface area (Å²) in [5.41, 5.74) is -0.0739. The third kappa shape index (κ3) is 4.92. The summed E-state index contributed by atoms with van der Waals surface area (Å²) in [6.45, 7) is 2.66. The van der Waals surface area contributed by atoms with E-state index in [4.69, 9.17) is 9.47 Å². The second-order valence-corrected chi connectivity index (χ2v) is 6.07. The third-order valence-corrected chi connectivity index (χ3v) is 4.15. The minimum absolute atomic E-state index is 0.145. The van der Waals surface area contributed by atoms with Gasteiger partial charge in [0, 0.05) is 25.2 Å². The molecule has 0 saturated carbocycles. The monoisotopic (exact) mass is 412 g/mol. The van der Waals surface area contributed by atoms with Crippen molar-refractivity contribution in [3.8, 4) is 17.2 Å². The maximum atomic E-state index is 13.5. The van der Waals surface area contributed by atoms with Crippen molar-refractivity contribution in [1.29, 1.82) is 0 Å². The summed E-state index contributed by atoms with van der Waals surface area (Å²) in [5.74, 6) is 1.03. The zero-order chi connectivity index (χ0) is 18.4. The van der Waals surface area contributed by atoms with E-state index in [2.05, 4.69) is 20.9 Å². The fraction of sp³-hybridized carbons (Fsp3) is 0.278. The number of benzene rings is 2. The molecule has 0 saturated heterocycles. The molecule has 0 amide bonds. The van der Waals surface area contributed by atoms with E-state index in [1.165, 1.54) is 25.6 Å². The topological polar surface area (TPSA) is 34.1 Å². The molecular weight excluding hydrogens is 394 g/mol. The normalized spacial score (nSPS) is 11.2. The van der Waals surface area contributed by atoms with Crippen LogP contribution in [0.15, 0.2) is 45.9 Å². The molecule has 0 spiro atoms. The number of aliphatic imine (C=N–C) groups is 1. The largest absolute Gasteiger partial charge is 0.493 e. The number of para-hydroxylation sites is 1. The van der Waals surface area contributed by atoms with Crippen molar-refractivity contribution in [2.75, 3.05) is 20.7 Å². The first kappa shape index (κ1) is 19.2. The van der Waals surface area contributed by atoms with Gasteiger partial charge < -0.3 is 14.4 Å². The van der Waals surface area contributed by atoms with Crippen molar-refractivity contribution in [2.45, 2.75) is 13.3 Å². The lowest BCUT2D eigenvalue weighted by Crippen LogP contribution is -2.14. The third-order valence-electron chi connectivity index (χ3n) is 3.50. The molecule has 4 nitrogen and oxygen atoms in total. The van der Waals surface area contributed by atoms with E-state index in [0.29, 0.717) is 22.5 Å². The zero-order valence-corrected chi connectivity index (χ0v) is 15.8. The Morgan fingerprint density at radius 2 is 1.92 bits per heavy atom. The molecule has 0 heterocycles. The Kier molecular flexibility index (Phi) is 6.75. The van der Waals surface area contributed by atoms with E-state index in [0.717, 1.165) is 0 Å². The summed E-state index contributed by atoms with van der Waals surface area (Å²) in [5, 5.41) is 0. The molecule has 0 aliphatic carbocycles. The Hall–Kier alpha value is -2.15. The molecule has 2 aromatic rings. The van der Waals surface area contributed by atoms with Crippen LogP contribution in [0, 0.1) is 0 Å². The molecule has 0 aliphatic rings. The number of alkyl halides is 2. The average Bonchev–Trinajstić information content (AvgIpc) is 2.61. The van der Waals surface area contributed by atoms with Gasteiger partial charge >= 0.3 is 0 Å². The van der Waals surface area contributed by atoms with Crippen LogP contribution in [0.25, 0.3) is 0 Å². The number of ether oxygens (including phenoxy) is 2. The number of rotatable bonds is 7. The maximum absolute atomic E-state index is 13.5. The van der Waals surface area contributed by atoms with Gasteiger partial charge in [-0.15, -0.1) is 0 Å². The maximum Gasteiger partial charge on any atom is 0.266 e. The van der Waals surface area contributed by atoms with Gasteiger partial charge in [0.05, 0.1) is 23.6 Å². The molecule has 0 bridgehead atoms. The predicted molar refractivity (Wildman–Crippen MR) is 98.6 cm³/mol. The molecule has 7 heteroatoms. The first-order chi connectivity index (χ1) is 12.0. The lowest BCUT2D eigenvalue weighted by molar-refractivity contribution is 0.151. The molecular formula is C18H19BrF2N2O2. The van der Waals surface area contributed by atoms with Gasteiger partial charge in [0.25, 0.3) is 6.43 Å². The van der Waals surface area contributed by atoms with Crippen molar-refractivity contribution in [3.05, 3.63) is 46.4 Å². The molecule has 0 atom stereocenters. The van der Waals surface area contributed by atoms with Crippen LogP contribution in [0.5, 0.6) is 17.2 Å². The standard InChI is InChI=1S/C18H19BrF2N2O2/c1-4-23(2)11-22-14-10-16(24-3)17(9-12(14)18(20)21)25-15-8-6-5-7-13(15)19/h5-11,18H,4H2,1-3H3. The Morgan fingerprint density at radius 1 is 1.20 bits per heavy atom. The van der Waals surface area contributed by atoms with Gasteiger partial charge in [0.2, 0.25) is 0 Å². The lowest BCUT2D eigenvalue weighted by atomic mass is 10.1. The smallest absolute Gasteiger partial charge is 0.266 e. The average molecular weight is 413 g/mol. The van der Waals surface area contributed by atoms with Gasteiger partial charge in [0.1, 0.15) is 5.75 Å². The molecule has 2 aromatic carbocycles. The van der Waals surface area contributed by atoms with Crippen LogP contribution >= 0.6 is 15.9 Å². The lowest BCUT2D eigenvalue weighted by Gasteiger charge is -2.15. The van der Waals surface area contributed by atoms with Crippen LogP contribution in [-0.2, 0) is 0 Å². The van der Waals surface area contributed by atoms with E-state index >= 15 is 0 Å². The molecule has 0 aromatic heterocycles. The first-order valence-corrected chi connectivity index (χ1v) is 8.42. The molecule has 0 fully saturated rings. The Balaban J connectivity index is 2.46. The van der Waals surface area contributed by atoms with Crippen LogP contribution in [0.3, 0.4) is 0 Å². The quantitative estimate of drug-likeness (QED) is 0.425. The first-order valence-electron chi connectivity index (χ1n) is 7.63. The Morgan fingerprint density at radius 3 is 2.52 bits per heavy atom. The molecule has 134 valence electrons. The highest BCUT2D eigenvalue weighted by atomic mass is 79.9. The summed E-state index contributed by atoms with van der Waals surface area (Å²) in [6.07, 6.45) is -1.18. The number of halogens is 3. The molecule has 0 unspecified atom stereocenters. The Bertz CT molecular complexity index is 754. The van der Waals surface area contributed by atoms with Crippen LogP contribution in [0.2, 0.25) is 0 Å². The van der Waals surface area contributed by atoms with Crippen molar-refractivity contribution in [3.63, 3.8) is 0 Å². The van der Waals surface area contributed by atoms with Gasteiger partial charge in [-0.3, -0.25) is 0 Å². The number of hydrogen-bond acceptors (Lipinski definition) is 3. The summed E-state index contributed by atoms with van der Waals surface area (Å²) in [4.78, 5) is 5.93. The van der Waals surface area contributed by atoms with Gasteiger partial charge in [-0.05, 0) is 41.1 Å². The van der Waals surface area contributed by atoms with Gasteiger partial charge in [-0.2, -0.15) is 0 Å². The minimum Gasteiger partial charge on any atom is -0.493 e.